The number of sulfone groups is 1. The predicted molar refractivity (Wildman–Crippen MR) is 84.7 cm³/mol. The second-order valence-corrected chi connectivity index (χ2v) is 9.47. The van der Waals surface area contributed by atoms with Gasteiger partial charge in [0.15, 0.2) is 9.84 Å². The second kappa shape index (κ2) is 7.73. The lowest BCUT2D eigenvalue weighted by Gasteiger charge is -2.24. The van der Waals surface area contributed by atoms with Crippen molar-refractivity contribution in [1.82, 2.24) is 9.80 Å². The molecule has 0 aliphatic carbocycles. The van der Waals surface area contributed by atoms with Crippen LogP contribution in [0, 0.1) is 0 Å². The SMILES string of the molecule is CC(C)(C)S(=O)(=O)CCN1CCCN(CCCN)CC1. The Morgan fingerprint density at radius 2 is 1.55 bits per heavy atom. The quantitative estimate of drug-likeness (QED) is 0.776. The van der Waals surface area contributed by atoms with Crippen molar-refractivity contribution in [1.29, 1.82) is 0 Å². The van der Waals surface area contributed by atoms with Gasteiger partial charge in [0.1, 0.15) is 0 Å². The molecular weight excluding hydrogens is 274 g/mol. The molecule has 0 bridgehead atoms. The average molecular weight is 305 g/mol. The molecule has 0 amide bonds. The normalized spacial score (nSPS) is 20.0. The molecule has 5 nitrogen and oxygen atoms in total. The van der Waals surface area contributed by atoms with Crippen LogP contribution in [0.4, 0.5) is 0 Å². The van der Waals surface area contributed by atoms with Gasteiger partial charge in [-0.3, -0.25) is 0 Å². The summed E-state index contributed by atoms with van der Waals surface area (Å²) >= 11 is 0. The lowest BCUT2D eigenvalue weighted by Crippen LogP contribution is -2.38. The monoisotopic (exact) mass is 305 g/mol. The van der Waals surface area contributed by atoms with Crippen molar-refractivity contribution >= 4 is 9.84 Å². The molecule has 0 radical (unpaired) electrons. The van der Waals surface area contributed by atoms with Crippen LogP contribution in [0.5, 0.6) is 0 Å². The predicted octanol–water partition coefficient (Wildman–Crippen LogP) is 0.556. The lowest BCUT2D eigenvalue weighted by molar-refractivity contribution is 0.262. The highest BCUT2D eigenvalue weighted by Gasteiger charge is 2.29. The van der Waals surface area contributed by atoms with Crippen molar-refractivity contribution in [3.8, 4) is 0 Å². The van der Waals surface area contributed by atoms with Crippen LogP contribution in [0.1, 0.15) is 33.6 Å². The van der Waals surface area contributed by atoms with E-state index in [2.05, 4.69) is 9.80 Å². The fourth-order valence-corrected chi connectivity index (χ4v) is 3.45. The molecule has 20 heavy (non-hydrogen) atoms. The number of nitrogens with zero attached hydrogens (tertiary/aromatic N) is 2. The van der Waals surface area contributed by atoms with Crippen molar-refractivity contribution in [2.45, 2.75) is 38.4 Å². The topological polar surface area (TPSA) is 66.6 Å². The Morgan fingerprint density at radius 3 is 2.05 bits per heavy atom. The second-order valence-electron chi connectivity index (χ2n) is 6.61. The highest BCUT2D eigenvalue weighted by molar-refractivity contribution is 7.92. The van der Waals surface area contributed by atoms with Crippen LogP contribution in [-0.4, -0.2) is 74.5 Å². The van der Waals surface area contributed by atoms with Crippen LogP contribution in [0.15, 0.2) is 0 Å². The van der Waals surface area contributed by atoms with Crippen LogP contribution >= 0.6 is 0 Å². The molecule has 1 saturated heterocycles. The molecular formula is C14H31N3O2S. The Bertz CT molecular complexity index is 376. The summed E-state index contributed by atoms with van der Waals surface area (Å²) in [6, 6.07) is 0. The zero-order chi connectivity index (χ0) is 15.2. The molecule has 1 heterocycles. The fraction of sp³-hybridized carbons (Fsp3) is 1.00. The Balaban J connectivity index is 2.39. The van der Waals surface area contributed by atoms with Gasteiger partial charge in [0.2, 0.25) is 0 Å². The summed E-state index contributed by atoms with van der Waals surface area (Å²) < 4.78 is 23.6. The molecule has 120 valence electrons. The van der Waals surface area contributed by atoms with E-state index in [1.165, 1.54) is 0 Å². The minimum Gasteiger partial charge on any atom is -0.330 e. The van der Waals surface area contributed by atoms with Gasteiger partial charge in [0, 0.05) is 19.6 Å². The first kappa shape index (κ1) is 17.9. The van der Waals surface area contributed by atoms with E-state index < -0.39 is 14.6 Å². The molecule has 1 aliphatic heterocycles. The van der Waals surface area contributed by atoms with E-state index in [0.717, 1.165) is 52.1 Å². The molecule has 0 spiro atoms. The highest BCUT2D eigenvalue weighted by atomic mass is 32.2. The van der Waals surface area contributed by atoms with Gasteiger partial charge in [0.05, 0.1) is 10.5 Å². The Hall–Kier alpha value is -0.170. The van der Waals surface area contributed by atoms with Gasteiger partial charge >= 0.3 is 0 Å². The van der Waals surface area contributed by atoms with E-state index in [4.69, 9.17) is 5.73 Å². The van der Waals surface area contributed by atoms with E-state index in [1.54, 1.807) is 20.8 Å². The maximum atomic E-state index is 12.1. The summed E-state index contributed by atoms with van der Waals surface area (Å²) in [7, 11) is -3.01. The van der Waals surface area contributed by atoms with E-state index >= 15 is 0 Å². The van der Waals surface area contributed by atoms with Gasteiger partial charge in [-0.1, -0.05) is 0 Å². The largest absolute Gasteiger partial charge is 0.330 e. The molecule has 1 aliphatic rings. The number of rotatable bonds is 6. The first-order valence-electron chi connectivity index (χ1n) is 7.63. The molecule has 0 aromatic carbocycles. The number of nitrogens with two attached hydrogens (primary N) is 1. The summed E-state index contributed by atoms with van der Waals surface area (Å²) in [4.78, 5) is 4.72. The van der Waals surface area contributed by atoms with Gasteiger partial charge in [-0.15, -0.1) is 0 Å². The summed E-state index contributed by atoms with van der Waals surface area (Å²) in [6.45, 7) is 11.9. The Kier molecular flexibility index (Phi) is 6.91. The van der Waals surface area contributed by atoms with Gasteiger partial charge in [-0.2, -0.15) is 0 Å². The van der Waals surface area contributed by atoms with Crippen molar-refractivity contribution in [3.63, 3.8) is 0 Å². The molecule has 0 unspecified atom stereocenters. The Labute approximate surface area is 124 Å². The summed E-state index contributed by atoms with van der Waals surface area (Å²) in [6.07, 6.45) is 2.15. The first-order chi connectivity index (χ1) is 9.26. The van der Waals surface area contributed by atoms with E-state index in [-0.39, 0.29) is 5.75 Å². The molecule has 2 N–H and O–H groups in total. The summed E-state index contributed by atoms with van der Waals surface area (Å²) in [5.41, 5.74) is 5.54. The smallest absolute Gasteiger partial charge is 0.156 e. The molecule has 1 fully saturated rings. The molecule has 0 atom stereocenters. The van der Waals surface area contributed by atoms with Crippen molar-refractivity contribution < 1.29 is 8.42 Å². The van der Waals surface area contributed by atoms with Gasteiger partial charge in [-0.25, -0.2) is 8.42 Å². The molecule has 6 heteroatoms. The number of hydrogen-bond acceptors (Lipinski definition) is 5. The Morgan fingerprint density at radius 1 is 1.00 bits per heavy atom. The zero-order valence-corrected chi connectivity index (χ0v) is 14.1. The third-order valence-electron chi connectivity index (χ3n) is 3.97. The van der Waals surface area contributed by atoms with E-state index in [0.29, 0.717) is 6.54 Å². The third-order valence-corrected chi connectivity index (χ3v) is 6.55. The van der Waals surface area contributed by atoms with Crippen LogP contribution in [-0.2, 0) is 9.84 Å². The van der Waals surface area contributed by atoms with Crippen LogP contribution in [0.25, 0.3) is 0 Å². The average Bonchev–Trinajstić information content (AvgIpc) is 2.58. The number of hydrogen-bond donors (Lipinski definition) is 1. The standard InChI is InChI=1S/C14H31N3O2S/c1-14(2,3)20(18,19)13-12-17-9-5-8-16(10-11-17)7-4-6-15/h4-13,15H2,1-3H3. The van der Waals surface area contributed by atoms with E-state index in [1.807, 2.05) is 0 Å². The maximum Gasteiger partial charge on any atom is 0.156 e. The minimum atomic E-state index is -3.01. The molecule has 0 saturated carbocycles. The van der Waals surface area contributed by atoms with E-state index in [9.17, 15) is 8.42 Å². The van der Waals surface area contributed by atoms with Crippen LogP contribution in [0.3, 0.4) is 0 Å². The zero-order valence-electron chi connectivity index (χ0n) is 13.3. The van der Waals surface area contributed by atoms with Crippen molar-refractivity contribution in [3.05, 3.63) is 0 Å². The van der Waals surface area contributed by atoms with Gasteiger partial charge in [-0.05, 0) is 59.8 Å². The molecule has 1 rings (SSSR count). The fourth-order valence-electron chi connectivity index (χ4n) is 2.34. The van der Waals surface area contributed by atoms with Crippen LogP contribution in [0.2, 0.25) is 0 Å². The summed E-state index contributed by atoms with van der Waals surface area (Å²) in [5, 5.41) is 0. The van der Waals surface area contributed by atoms with Crippen molar-refractivity contribution in [2.24, 2.45) is 5.73 Å². The van der Waals surface area contributed by atoms with Gasteiger partial charge in [0.25, 0.3) is 0 Å². The summed E-state index contributed by atoms with van der Waals surface area (Å²) in [5.74, 6) is 0.263. The maximum absolute atomic E-state index is 12.1. The molecule has 0 aromatic rings. The third kappa shape index (κ3) is 5.68. The minimum absolute atomic E-state index is 0.263. The van der Waals surface area contributed by atoms with Gasteiger partial charge < -0.3 is 15.5 Å². The highest BCUT2D eigenvalue weighted by Crippen LogP contribution is 2.16. The first-order valence-corrected chi connectivity index (χ1v) is 9.28. The molecule has 0 aromatic heterocycles. The van der Waals surface area contributed by atoms with Crippen LogP contribution < -0.4 is 5.73 Å². The lowest BCUT2D eigenvalue weighted by atomic mass is 10.3. The van der Waals surface area contributed by atoms with Crippen molar-refractivity contribution in [2.75, 3.05) is 51.6 Å².